The molecule has 20 heavy (non-hydrogen) atoms. The normalized spacial score (nSPS) is 16.2. The second-order valence-corrected chi connectivity index (χ2v) is 5.92. The van der Waals surface area contributed by atoms with Crippen LogP contribution in [-0.2, 0) is 4.79 Å². The molecule has 0 saturated heterocycles. The molecule has 1 aliphatic rings. The fraction of sp³-hybridized carbons (Fsp3) is 0.562. The highest BCUT2D eigenvalue weighted by molar-refractivity contribution is 5.93. The predicted octanol–water partition coefficient (Wildman–Crippen LogP) is 1.91. The third-order valence-electron chi connectivity index (χ3n) is 4.02. The number of benzene rings is 1. The van der Waals surface area contributed by atoms with Gasteiger partial charge in [0.15, 0.2) is 0 Å². The molecule has 0 aliphatic heterocycles. The zero-order valence-corrected chi connectivity index (χ0v) is 12.6. The molecule has 0 heterocycles. The van der Waals surface area contributed by atoms with Crippen molar-refractivity contribution in [1.82, 2.24) is 4.90 Å². The van der Waals surface area contributed by atoms with Crippen LogP contribution >= 0.6 is 0 Å². The van der Waals surface area contributed by atoms with E-state index in [0.717, 1.165) is 11.3 Å². The minimum absolute atomic E-state index is 0.0264. The maximum absolute atomic E-state index is 12.1. The van der Waals surface area contributed by atoms with Crippen molar-refractivity contribution in [3.05, 3.63) is 29.3 Å². The highest BCUT2D eigenvalue weighted by Gasteiger charge is 2.33. The standard InChI is InChI=1S/C16H25N3O/c1-11-4-7-14(12(2)8-11)18-16(20)10-19(3)15(9-17)13-5-6-13/h4,7-8,13,15H,5-6,9-10,17H2,1-3H3,(H,18,20). The van der Waals surface area contributed by atoms with Gasteiger partial charge in [0.05, 0.1) is 6.54 Å². The fourth-order valence-electron chi connectivity index (χ4n) is 2.70. The van der Waals surface area contributed by atoms with E-state index >= 15 is 0 Å². The van der Waals surface area contributed by atoms with Crippen LogP contribution in [0.2, 0.25) is 0 Å². The molecule has 1 atom stereocenters. The molecule has 4 nitrogen and oxygen atoms in total. The lowest BCUT2D eigenvalue weighted by molar-refractivity contribution is -0.117. The SMILES string of the molecule is Cc1ccc(NC(=O)CN(C)C(CN)C2CC2)c(C)c1. The molecular formula is C16H25N3O. The van der Waals surface area contributed by atoms with Crippen molar-refractivity contribution in [1.29, 1.82) is 0 Å². The number of nitrogens with two attached hydrogens (primary N) is 1. The summed E-state index contributed by atoms with van der Waals surface area (Å²) in [6, 6.07) is 6.38. The Morgan fingerprint density at radius 1 is 1.45 bits per heavy atom. The average Bonchev–Trinajstić information content (AvgIpc) is 3.18. The molecule has 0 spiro atoms. The molecule has 4 heteroatoms. The highest BCUT2D eigenvalue weighted by atomic mass is 16.2. The molecule has 0 bridgehead atoms. The van der Waals surface area contributed by atoms with E-state index < -0.39 is 0 Å². The van der Waals surface area contributed by atoms with Crippen LogP contribution in [0.15, 0.2) is 18.2 Å². The van der Waals surface area contributed by atoms with Crippen LogP contribution in [0.1, 0.15) is 24.0 Å². The Hall–Kier alpha value is -1.39. The number of likely N-dealkylation sites (N-methyl/N-ethyl adjacent to an activating group) is 1. The van der Waals surface area contributed by atoms with Crippen molar-refractivity contribution in [2.24, 2.45) is 11.7 Å². The number of nitrogens with zero attached hydrogens (tertiary/aromatic N) is 1. The summed E-state index contributed by atoms with van der Waals surface area (Å²) in [6.45, 7) is 5.08. The van der Waals surface area contributed by atoms with E-state index in [-0.39, 0.29) is 5.91 Å². The smallest absolute Gasteiger partial charge is 0.238 e. The van der Waals surface area contributed by atoms with Crippen LogP contribution in [0, 0.1) is 19.8 Å². The van der Waals surface area contributed by atoms with Gasteiger partial charge in [0.1, 0.15) is 0 Å². The molecule has 1 amide bonds. The second-order valence-electron chi connectivity index (χ2n) is 5.92. The van der Waals surface area contributed by atoms with Crippen LogP contribution in [0.3, 0.4) is 0 Å². The minimum Gasteiger partial charge on any atom is -0.329 e. The quantitative estimate of drug-likeness (QED) is 0.834. The first-order valence-corrected chi connectivity index (χ1v) is 7.28. The summed E-state index contributed by atoms with van der Waals surface area (Å²) in [5.41, 5.74) is 9.00. The summed E-state index contributed by atoms with van der Waals surface area (Å²) in [5, 5.41) is 2.99. The molecule has 1 fully saturated rings. The lowest BCUT2D eigenvalue weighted by atomic mass is 10.1. The van der Waals surface area contributed by atoms with Crippen molar-refractivity contribution in [3.63, 3.8) is 0 Å². The first-order chi connectivity index (χ1) is 9.51. The van der Waals surface area contributed by atoms with Crippen molar-refractivity contribution < 1.29 is 4.79 Å². The largest absolute Gasteiger partial charge is 0.329 e. The van der Waals surface area contributed by atoms with Crippen LogP contribution < -0.4 is 11.1 Å². The Kier molecular flexibility index (Phi) is 4.78. The van der Waals surface area contributed by atoms with E-state index in [4.69, 9.17) is 5.73 Å². The van der Waals surface area contributed by atoms with E-state index in [1.807, 2.05) is 33.0 Å². The minimum atomic E-state index is 0.0264. The maximum Gasteiger partial charge on any atom is 0.238 e. The zero-order valence-electron chi connectivity index (χ0n) is 12.6. The summed E-state index contributed by atoms with van der Waals surface area (Å²) in [4.78, 5) is 14.2. The van der Waals surface area contributed by atoms with Gasteiger partial charge in [-0.25, -0.2) is 0 Å². The number of aryl methyl sites for hydroxylation is 2. The van der Waals surface area contributed by atoms with E-state index in [9.17, 15) is 4.79 Å². The Labute approximate surface area is 121 Å². The van der Waals surface area contributed by atoms with Gasteiger partial charge in [-0.15, -0.1) is 0 Å². The maximum atomic E-state index is 12.1. The van der Waals surface area contributed by atoms with Crippen molar-refractivity contribution in [3.8, 4) is 0 Å². The summed E-state index contributed by atoms with van der Waals surface area (Å²) in [7, 11) is 1.98. The topological polar surface area (TPSA) is 58.4 Å². The van der Waals surface area contributed by atoms with Crippen molar-refractivity contribution >= 4 is 11.6 Å². The number of rotatable bonds is 6. The number of anilines is 1. The van der Waals surface area contributed by atoms with Crippen LogP contribution in [0.4, 0.5) is 5.69 Å². The van der Waals surface area contributed by atoms with Crippen molar-refractivity contribution in [2.45, 2.75) is 32.7 Å². The Bertz CT molecular complexity index is 483. The summed E-state index contributed by atoms with van der Waals surface area (Å²) < 4.78 is 0. The van der Waals surface area contributed by atoms with E-state index in [1.54, 1.807) is 0 Å². The number of hydrogen-bond donors (Lipinski definition) is 2. The molecule has 3 N–H and O–H groups in total. The van der Waals surface area contributed by atoms with Crippen LogP contribution in [0.5, 0.6) is 0 Å². The van der Waals surface area contributed by atoms with Gasteiger partial charge in [0.2, 0.25) is 5.91 Å². The monoisotopic (exact) mass is 275 g/mol. The van der Waals surface area contributed by atoms with Crippen LogP contribution in [0.25, 0.3) is 0 Å². The summed E-state index contributed by atoms with van der Waals surface area (Å²) in [6.07, 6.45) is 2.48. The molecule has 2 rings (SSSR count). The van der Waals surface area contributed by atoms with Crippen molar-refractivity contribution in [2.75, 3.05) is 25.5 Å². The van der Waals surface area contributed by atoms with Crippen LogP contribution in [-0.4, -0.2) is 37.0 Å². The highest BCUT2D eigenvalue weighted by Crippen LogP contribution is 2.34. The predicted molar refractivity (Wildman–Crippen MR) is 82.7 cm³/mol. The molecule has 0 radical (unpaired) electrons. The third-order valence-corrected chi connectivity index (χ3v) is 4.02. The van der Waals surface area contributed by atoms with Gasteiger partial charge in [0.25, 0.3) is 0 Å². The molecule has 110 valence electrons. The first kappa shape index (κ1) is 15.0. The molecule has 1 aromatic carbocycles. The number of amides is 1. The molecule has 1 unspecified atom stereocenters. The molecule has 1 aromatic rings. The lowest BCUT2D eigenvalue weighted by Crippen LogP contribution is -2.43. The van der Waals surface area contributed by atoms with Gasteiger partial charge in [-0.2, -0.15) is 0 Å². The van der Waals surface area contributed by atoms with Gasteiger partial charge < -0.3 is 11.1 Å². The van der Waals surface area contributed by atoms with Gasteiger partial charge in [0, 0.05) is 18.3 Å². The summed E-state index contributed by atoms with van der Waals surface area (Å²) >= 11 is 0. The lowest BCUT2D eigenvalue weighted by Gasteiger charge is -2.26. The molecule has 0 aromatic heterocycles. The van der Waals surface area contributed by atoms with E-state index in [1.165, 1.54) is 18.4 Å². The zero-order chi connectivity index (χ0) is 14.7. The second kappa shape index (κ2) is 6.37. The Morgan fingerprint density at radius 3 is 2.70 bits per heavy atom. The van der Waals surface area contributed by atoms with E-state index in [0.29, 0.717) is 25.0 Å². The summed E-state index contributed by atoms with van der Waals surface area (Å²) in [5.74, 6) is 0.706. The van der Waals surface area contributed by atoms with Gasteiger partial charge in [-0.1, -0.05) is 17.7 Å². The molecular weight excluding hydrogens is 250 g/mol. The Balaban J connectivity index is 1.91. The number of hydrogen-bond acceptors (Lipinski definition) is 3. The van der Waals surface area contributed by atoms with E-state index in [2.05, 4.69) is 16.3 Å². The number of carbonyl (C=O) groups excluding carboxylic acids is 1. The van der Waals surface area contributed by atoms with Gasteiger partial charge >= 0.3 is 0 Å². The third kappa shape index (κ3) is 3.81. The van der Waals surface area contributed by atoms with Gasteiger partial charge in [-0.05, 0) is 51.3 Å². The molecule has 1 saturated carbocycles. The average molecular weight is 275 g/mol. The first-order valence-electron chi connectivity index (χ1n) is 7.28. The fourth-order valence-corrected chi connectivity index (χ4v) is 2.70. The molecule has 1 aliphatic carbocycles. The Morgan fingerprint density at radius 2 is 2.15 bits per heavy atom. The number of nitrogens with one attached hydrogen (secondary N) is 1. The van der Waals surface area contributed by atoms with Gasteiger partial charge in [-0.3, -0.25) is 9.69 Å². The number of carbonyl (C=O) groups is 1.